The predicted octanol–water partition coefficient (Wildman–Crippen LogP) is 3.38. The van der Waals surface area contributed by atoms with Gasteiger partial charge in [-0.05, 0) is 24.6 Å². The van der Waals surface area contributed by atoms with Gasteiger partial charge in [0.2, 0.25) is 0 Å². The van der Waals surface area contributed by atoms with Crippen LogP contribution in [0.15, 0.2) is 54.7 Å². The zero-order valence-electron chi connectivity index (χ0n) is 11.8. The lowest BCUT2D eigenvalue weighted by molar-refractivity contribution is 0.0991. The lowest BCUT2D eigenvalue weighted by Crippen LogP contribution is -2.17. The lowest BCUT2D eigenvalue weighted by Gasteiger charge is -2.06. The number of carbonyl (C=O) groups is 1. The number of aromatic amines is 1. The Bertz CT molecular complexity index is 863. The molecular formula is C18H16N2O. The van der Waals surface area contributed by atoms with Crippen LogP contribution in [-0.4, -0.2) is 10.8 Å². The van der Waals surface area contributed by atoms with E-state index in [1.165, 1.54) is 0 Å². The number of aromatic nitrogens is 1. The fraction of sp³-hybridized carbons (Fsp3) is 0.111. The molecule has 0 aliphatic rings. The fourth-order valence-corrected chi connectivity index (χ4v) is 2.45. The molecule has 0 aliphatic heterocycles. The van der Waals surface area contributed by atoms with E-state index in [-0.39, 0.29) is 5.78 Å². The molecule has 3 nitrogen and oxygen atoms in total. The number of rotatable bonds is 3. The molecular weight excluding hydrogens is 260 g/mol. The third-order valence-corrected chi connectivity index (χ3v) is 3.59. The first-order valence-electron chi connectivity index (χ1n) is 6.89. The zero-order valence-corrected chi connectivity index (χ0v) is 11.8. The summed E-state index contributed by atoms with van der Waals surface area (Å²) in [6, 6.07) is 15.5. The van der Waals surface area contributed by atoms with Crippen molar-refractivity contribution in [3.63, 3.8) is 0 Å². The predicted molar refractivity (Wildman–Crippen MR) is 83.4 cm³/mol. The molecule has 2 N–H and O–H groups in total. The molecule has 0 spiro atoms. The summed E-state index contributed by atoms with van der Waals surface area (Å²) in [5, 5.41) is 9.38. The molecule has 0 atom stereocenters. The zero-order chi connectivity index (χ0) is 14.8. The van der Waals surface area contributed by atoms with E-state index in [4.69, 9.17) is 5.41 Å². The molecule has 0 saturated heterocycles. The van der Waals surface area contributed by atoms with Gasteiger partial charge < -0.3 is 4.98 Å². The summed E-state index contributed by atoms with van der Waals surface area (Å²) in [4.78, 5) is 15.5. The van der Waals surface area contributed by atoms with Gasteiger partial charge in [0.25, 0.3) is 0 Å². The van der Waals surface area contributed by atoms with Gasteiger partial charge in [0, 0.05) is 23.5 Å². The summed E-state index contributed by atoms with van der Waals surface area (Å²) in [6.45, 7) is 1.98. The van der Waals surface area contributed by atoms with Crippen molar-refractivity contribution in [3.8, 4) is 0 Å². The first-order chi connectivity index (χ1) is 10.1. The smallest absolute Gasteiger partial charge is 0.170 e. The number of hydrogen-bond acceptors (Lipinski definition) is 2. The Morgan fingerprint density at radius 1 is 1.14 bits per heavy atom. The number of fused-ring (bicyclic) bond motifs is 1. The van der Waals surface area contributed by atoms with Crippen LogP contribution in [0.4, 0.5) is 0 Å². The minimum absolute atomic E-state index is 0.0362. The van der Waals surface area contributed by atoms with Gasteiger partial charge >= 0.3 is 0 Å². The molecule has 0 amide bonds. The van der Waals surface area contributed by atoms with E-state index in [1.54, 1.807) is 6.20 Å². The fourth-order valence-electron chi connectivity index (χ4n) is 2.45. The number of hydrogen-bond donors (Lipinski definition) is 2. The third kappa shape index (κ3) is 2.63. The van der Waals surface area contributed by atoms with Crippen LogP contribution in [0.25, 0.3) is 10.9 Å². The Labute approximate surface area is 122 Å². The Kier molecular flexibility index (Phi) is 3.40. The summed E-state index contributed by atoms with van der Waals surface area (Å²) in [5.74, 6) is -0.0362. The van der Waals surface area contributed by atoms with E-state index >= 15 is 0 Å². The van der Waals surface area contributed by atoms with Gasteiger partial charge in [-0.3, -0.25) is 10.2 Å². The maximum Gasteiger partial charge on any atom is 0.170 e. The van der Waals surface area contributed by atoms with E-state index in [2.05, 4.69) is 4.98 Å². The van der Waals surface area contributed by atoms with Crippen LogP contribution < -0.4 is 5.36 Å². The normalized spacial score (nSPS) is 10.7. The molecule has 2 aromatic carbocycles. The van der Waals surface area contributed by atoms with Crippen molar-refractivity contribution < 1.29 is 4.79 Å². The van der Waals surface area contributed by atoms with Crippen LogP contribution in [0.5, 0.6) is 0 Å². The molecule has 3 aromatic rings. The summed E-state index contributed by atoms with van der Waals surface area (Å²) in [7, 11) is 0. The first kappa shape index (κ1) is 13.3. The first-order valence-corrected chi connectivity index (χ1v) is 6.89. The van der Waals surface area contributed by atoms with Crippen LogP contribution in [0.3, 0.4) is 0 Å². The van der Waals surface area contributed by atoms with Crippen molar-refractivity contribution in [2.45, 2.75) is 13.3 Å². The number of H-pyrrole nitrogens is 1. The molecule has 0 radical (unpaired) electrons. The Hall–Kier alpha value is -2.68. The largest absolute Gasteiger partial charge is 0.360 e. The van der Waals surface area contributed by atoms with Gasteiger partial charge in [-0.1, -0.05) is 42.0 Å². The second-order valence-electron chi connectivity index (χ2n) is 5.21. The van der Waals surface area contributed by atoms with Gasteiger partial charge in [-0.15, -0.1) is 0 Å². The van der Waals surface area contributed by atoms with Crippen molar-refractivity contribution in [3.05, 3.63) is 76.8 Å². The van der Waals surface area contributed by atoms with Crippen molar-refractivity contribution >= 4 is 16.7 Å². The summed E-state index contributed by atoms with van der Waals surface area (Å²) < 4.78 is 0. The SMILES string of the molecule is Cc1ccc2[nH]cc(C(=O)Cc3ccccc3)c(=N)c2c1. The van der Waals surface area contributed by atoms with E-state index in [0.717, 1.165) is 22.0 Å². The van der Waals surface area contributed by atoms with Gasteiger partial charge in [-0.25, -0.2) is 0 Å². The maximum absolute atomic E-state index is 12.4. The van der Waals surface area contributed by atoms with Crippen LogP contribution in [-0.2, 0) is 6.42 Å². The Balaban J connectivity index is 2.02. The molecule has 3 heteroatoms. The molecule has 3 rings (SSSR count). The molecule has 0 fully saturated rings. The van der Waals surface area contributed by atoms with Crippen molar-refractivity contribution in [1.29, 1.82) is 5.41 Å². The monoisotopic (exact) mass is 276 g/mol. The molecule has 21 heavy (non-hydrogen) atoms. The number of Topliss-reactive ketones (excluding diaryl/α,β-unsaturated/α-hetero) is 1. The van der Waals surface area contributed by atoms with Crippen molar-refractivity contribution in [1.82, 2.24) is 4.98 Å². The number of aryl methyl sites for hydroxylation is 1. The van der Waals surface area contributed by atoms with Gasteiger partial charge in [0.05, 0.1) is 10.9 Å². The van der Waals surface area contributed by atoms with E-state index in [0.29, 0.717) is 17.3 Å². The molecule has 1 aromatic heterocycles. The Morgan fingerprint density at radius 3 is 2.67 bits per heavy atom. The second-order valence-corrected chi connectivity index (χ2v) is 5.21. The number of benzene rings is 2. The average molecular weight is 276 g/mol. The molecule has 104 valence electrons. The second kappa shape index (κ2) is 5.37. The quantitative estimate of drug-likeness (QED) is 0.708. The summed E-state index contributed by atoms with van der Waals surface area (Å²) >= 11 is 0. The molecule has 0 unspecified atom stereocenters. The van der Waals surface area contributed by atoms with E-state index < -0.39 is 0 Å². The third-order valence-electron chi connectivity index (χ3n) is 3.59. The van der Waals surface area contributed by atoms with E-state index in [9.17, 15) is 4.79 Å². The van der Waals surface area contributed by atoms with Gasteiger partial charge in [0.15, 0.2) is 5.78 Å². The molecule has 1 heterocycles. The van der Waals surface area contributed by atoms with Crippen molar-refractivity contribution in [2.75, 3.05) is 0 Å². The van der Waals surface area contributed by atoms with Crippen molar-refractivity contribution in [2.24, 2.45) is 0 Å². The minimum Gasteiger partial charge on any atom is -0.360 e. The highest BCUT2D eigenvalue weighted by molar-refractivity contribution is 5.99. The number of ketones is 1. The van der Waals surface area contributed by atoms with Crippen LogP contribution in [0.1, 0.15) is 21.5 Å². The summed E-state index contributed by atoms with van der Waals surface area (Å²) in [6.07, 6.45) is 1.96. The van der Waals surface area contributed by atoms with Gasteiger partial charge in [0.1, 0.15) is 0 Å². The number of carbonyl (C=O) groups excluding carboxylic acids is 1. The summed E-state index contributed by atoms with van der Waals surface area (Å²) in [5.41, 5.74) is 3.36. The van der Waals surface area contributed by atoms with Gasteiger partial charge in [-0.2, -0.15) is 0 Å². The number of pyridine rings is 1. The Morgan fingerprint density at radius 2 is 1.90 bits per heavy atom. The minimum atomic E-state index is -0.0362. The highest BCUT2D eigenvalue weighted by atomic mass is 16.1. The maximum atomic E-state index is 12.4. The standard InChI is InChI=1S/C18H16N2O/c1-12-7-8-16-14(9-12)18(19)15(11-20-16)17(21)10-13-5-3-2-4-6-13/h2-9,11H,10H2,1H3,(H2,19,20). The highest BCUT2D eigenvalue weighted by Crippen LogP contribution is 2.12. The average Bonchev–Trinajstić information content (AvgIpc) is 2.49. The number of nitrogens with one attached hydrogen (secondary N) is 2. The molecule has 0 aliphatic carbocycles. The molecule has 0 saturated carbocycles. The van der Waals surface area contributed by atoms with Crippen LogP contribution in [0.2, 0.25) is 0 Å². The highest BCUT2D eigenvalue weighted by Gasteiger charge is 2.11. The topological polar surface area (TPSA) is 56.7 Å². The van der Waals surface area contributed by atoms with Crippen LogP contribution in [0, 0.1) is 12.3 Å². The van der Waals surface area contributed by atoms with E-state index in [1.807, 2.05) is 55.5 Å². The molecule has 0 bridgehead atoms. The van der Waals surface area contributed by atoms with Crippen LogP contribution >= 0.6 is 0 Å². The lowest BCUT2D eigenvalue weighted by atomic mass is 10.0.